The summed E-state index contributed by atoms with van der Waals surface area (Å²) in [6, 6.07) is 0. The molecular weight excluding hydrogens is 172 g/mol. The highest BCUT2D eigenvalue weighted by Crippen LogP contribution is 2.15. The molecule has 0 radical (unpaired) electrons. The lowest BCUT2D eigenvalue weighted by atomic mass is 10.1. The number of allylic oxidation sites excluding steroid dienone is 2. The monoisotopic (exact) mass is 196 g/mol. The van der Waals surface area contributed by atoms with E-state index >= 15 is 0 Å². The second-order valence-corrected chi connectivity index (χ2v) is 4.61. The molecule has 1 rings (SSSR count). The minimum atomic E-state index is 0.758. The molecule has 82 valence electrons. The van der Waals surface area contributed by atoms with Crippen LogP contribution in [-0.4, -0.2) is 26.2 Å². The summed E-state index contributed by atoms with van der Waals surface area (Å²) in [6.45, 7) is 8.99. The van der Waals surface area contributed by atoms with Crippen LogP contribution in [0.3, 0.4) is 0 Å². The Balaban J connectivity index is 1.80. The van der Waals surface area contributed by atoms with Crippen molar-refractivity contribution in [3.8, 4) is 0 Å². The van der Waals surface area contributed by atoms with E-state index in [0.717, 1.165) is 31.5 Å². The van der Waals surface area contributed by atoms with E-state index in [-0.39, 0.29) is 0 Å². The first kappa shape index (κ1) is 11.7. The predicted octanol–water partition coefficient (Wildman–Crippen LogP) is 1.79. The highest BCUT2D eigenvalue weighted by atomic mass is 14.9. The molecule has 0 aromatic heterocycles. The molecule has 0 fully saturated rings. The van der Waals surface area contributed by atoms with E-state index < -0.39 is 0 Å². The van der Waals surface area contributed by atoms with Crippen LogP contribution in [0.5, 0.6) is 0 Å². The highest BCUT2D eigenvalue weighted by molar-refractivity contribution is 4.94. The van der Waals surface area contributed by atoms with Gasteiger partial charge in [0.15, 0.2) is 0 Å². The molecule has 0 saturated heterocycles. The molecule has 1 aliphatic rings. The number of nitrogens with one attached hydrogen (secondary N) is 2. The summed E-state index contributed by atoms with van der Waals surface area (Å²) in [4.78, 5) is 0. The van der Waals surface area contributed by atoms with E-state index in [4.69, 9.17) is 0 Å². The van der Waals surface area contributed by atoms with Gasteiger partial charge in [0.1, 0.15) is 0 Å². The Morgan fingerprint density at radius 2 is 1.79 bits per heavy atom. The summed E-state index contributed by atoms with van der Waals surface area (Å²) in [5.74, 6) is 1.62. The molecule has 0 atom stereocenters. The van der Waals surface area contributed by atoms with Crippen molar-refractivity contribution in [1.82, 2.24) is 10.6 Å². The SMILES string of the molecule is CC(C)CNCCNCC1CC=CC1. The molecule has 1 aliphatic carbocycles. The van der Waals surface area contributed by atoms with E-state index in [1.165, 1.54) is 19.4 Å². The molecular formula is C12H24N2. The van der Waals surface area contributed by atoms with Gasteiger partial charge in [-0.05, 0) is 37.8 Å². The van der Waals surface area contributed by atoms with Crippen LogP contribution in [0.1, 0.15) is 26.7 Å². The quantitative estimate of drug-likeness (QED) is 0.479. The largest absolute Gasteiger partial charge is 0.315 e. The topological polar surface area (TPSA) is 24.1 Å². The van der Waals surface area contributed by atoms with Gasteiger partial charge in [0.2, 0.25) is 0 Å². The molecule has 0 saturated carbocycles. The number of rotatable bonds is 7. The van der Waals surface area contributed by atoms with Crippen LogP contribution >= 0.6 is 0 Å². The van der Waals surface area contributed by atoms with Crippen molar-refractivity contribution in [3.63, 3.8) is 0 Å². The van der Waals surface area contributed by atoms with Crippen LogP contribution in [0, 0.1) is 11.8 Å². The lowest BCUT2D eigenvalue weighted by Crippen LogP contribution is -2.31. The molecule has 2 N–H and O–H groups in total. The van der Waals surface area contributed by atoms with Crippen LogP contribution in [0.4, 0.5) is 0 Å². The molecule has 0 amide bonds. The lowest BCUT2D eigenvalue weighted by Gasteiger charge is -2.11. The van der Waals surface area contributed by atoms with Crippen LogP contribution in [0.15, 0.2) is 12.2 Å². The smallest absolute Gasteiger partial charge is 0.00768 e. The average Bonchev–Trinajstić information content (AvgIpc) is 2.63. The Labute approximate surface area is 88.2 Å². The summed E-state index contributed by atoms with van der Waals surface area (Å²) >= 11 is 0. The molecule has 2 nitrogen and oxygen atoms in total. The normalized spacial score (nSPS) is 17.1. The zero-order chi connectivity index (χ0) is 10.2. The van der Waals surface area contributed by atoms with Crippen LogP contribution in [0.2, 0.25) is 0 Å². The minimum Gasteiger partial charge on any atom is -0.315 e. The van der Waals surface area contributed by atoms with E-state index in [1.807, 2.05) is 0 Å². The first-order valence-electron chi connectivity index (χ1n) is 5.85. The summed E-state index contributed by atoms with van der Waals surface area (Å²) < 4.78 is 0. The van der Waals surface area contributed by atoms with Gasteiger partial charge < -0.3 is 10.6 Å². The van der Waals surface area contributed by atoms with Crippen LogP contribution in [-0.2, 0) is 0 Å². The molecule has 0 bridgehead atoms. The summed E-state index contributed by atoms with van der Waals surface area (Å²) in [7, 11) is 0. The van der Waals surface area contributed by atoms with E-state index in [9.17, 15) is 0 Å². The first-order chi connectivity index (χ1) is 6.79. The molecule has 0 spiro atoms. The van der Waals surface area contributed by atoms with Gasteiger partial charge in [0.05, 0.1) is 0 Å². The Morgan fingerprint density at radius 1 is 1.14 bits per heavy atom. The number of hydrogen-bond acceptors (Lipinski definition) is 2. The van der Waals surface area contributed by atoms with Gasteiger partial charge in [-0.25, -0.2) is 0 Å². The molecule has 14 heavy (non-hydrogen) atoms. The Bertz CT molecular complexity index is 156. The fourth-order valence-corrected chi connectivity index (χ4v) is 1.71. The molecule has 2 heteroatoms. The van der Waals surface area contributed by atoms with Gasteiger partial charge in [-0.15, -0.1) is 0 Å². The zero-order valence-electron chi connectivity index (χ0n) is 9.55. The summed E-state index contributed by atoms with van der Waals surface area (Å²) in [6.07, 6.45) is 7.13. The van der Waals surface area contributed by atoms with Crippen molar-refractivity contribution >= 4 is 0 Å². The Hall–Kier alpha value is -0.340. The third-order valence-corrected chi connectivity index (χ3v) is 2.57. The van der Waals surface area contributed by atoms with Crippen molar-refractivity contribution in [1.29, 1.82) is 0 Å². The third-order valence-electron chi connectivity index (χ3n) is 2.57. The van der Waals surface area contributed by atoms with Crippen molar-refractivity contribution < 1.29 is 0 Å². The van der Waals surface area contributed by atoms with Crippen molar-refractivity contribution in [2.24, 2.45) is 11.8 Å². The third kappa shape index (κ3) is 5.40. The van der Waals surface area contributed by atoms with Crippen LogP contribution < -0.4 is 10.6 Å². The fraction of sp³-hybridized carbons (Fsp3) is 0.833. The molecule has 0 heterocycles. The first-order valence-corrected chi connectivity index (χ1v) is 5.85. The second-order valence-electron chi connectivity index (χ2n) is 4.61. The predicted molar refractivity (Wildman–Crippen MR) is 62.4 cm³/mol. The van der Waals surface area contributed by atoms with Gasteiger partial charge in [-0.3, -0.25) is 0 Å². The van der Waals surface area contributed by atoms with Gasteiger partial charge in [0.25, 0.3) is 0 Å². The Kier molecular flexibility index (Phi) is 5.88. The average molecular weight is 196 g/mol. The molecule has 0 aromatic rings. The number of hydrogen-bond donors (Lipinski definition) is 2. The van der Waals surface area contributed by atoms with E-state index in [0.29, 0.717) is 0 Å². The standard InChI is InChI=1S/C12H24N2/c1-11(2)9-13-7-8-14-10-12-5-3-4-6-12/h3-4,11-14H,5-10H2,1-2H3. The molecule has 0 unspecified atom stereocenters. The highest BCUT2D eigenvalue weighted by Gasteiger charge is 2.08. The summed E-state index contributed by atoms with van der Waals surface area (Å²) in [5, 5.41) is 6.93. The molecule has 0 aliphatic heterocycles. The zero-order valence-corrected chi connectivity index (χ0v) is 9.55. The van der Waals surface area contributed by atoms with Crippen molar-refractivity contribution in [2.75, 3.05) is 26.2 Å². The van der Waals surface area contributed by atoms with Gasteiger partial charge in [0, 0.05) is 13.1 Å². The maximum absolute atomic E-state index is 3.50. The Morgan fingerprint density at radius 3 is 2.43 bits per heavy atom. The van der Waals surface area contributed by atoms with Gasteiger partial charge in [-0.2, -0.15) is 0 Å². The van der Waals surface area contributed by atoms with Crippen molar-refractivity contribution in [3.05, 3.63) is 12.2 Å². The van der Waals surface area contributed by atoms with Crippen LogP contribution in [0.25, 0.3) is 0 Å². The van der Waals surface area contributed by atoms with E-state index in [1.54, 1.807) is 0 Å². The second kappa shape index (κ2) is 7.02. The van der Waals surface area contributed by atoms with Gasteiger partial charge >= 0.3 is 0 Å². The van der Waals surface area contributed by atoms with Crippen molar-refractivity contribution in [2.45, 2.75) is 26.7 Å². The maximum Gasteiger partial charge on any atom is 0.00768 e. The minimum absolute atomic E-state index is 0.758. The summed E-state index contributed by atoms with van der Waals surface area (Å²) in [5.41, 5.74) is 0. The lowest BCUT2D eigenvalue weighted by molar-refractivity contribution is 0.484. The molecule has 0 aromatic carbocycles. The van der Waals surface area contributed by atoms with Gasteiger partial charge in [-0.1, -0.05) is 26.0 Å². The maximum atomic E-state index is 3.50. The fourth-order valence-electron chi connectivity index (χ4n) is 1.71. The van der Waals surface area contributed by atoms with E-state index in [2.05, 4.69) is 36.6 Å².